The Morgan fingerprint density at radius 2 is 2.00 bits per heavy atom. The first kappa shape index (κ1) is 11.6. The molecule has 1 aliphatic rings. The molecule has 0 aromatic heterocycles. The van der Waals surface area contributed by atoms with Crippen molar-refractivity contribution in [3.63, 3.8) is 0 Å². The minimum atomic E-state index is -1.36. The van der Waals surface area contributed by atoms with Crippen molar-refractivity contribution < 1.29 is 9.13 Å². The van der Waals surface area contributed by atoms with Gasteiger partial charge in [0.25, 0.3) is 0 Å². The monoisotopic (exact) mass is 330 g/mol. The third-order valence-electron chi connectivity index (χ3n) is 2.48. The van der Waals surface area contributed by atoms with Crippen LogP contribution in [0.4, 0.5) is 4.39 Å². The lowest BCUT2D eigenvalue weighted by Crippen LogP contribution is -2.15. The van der Waals surface area contributed by atoms with Crippen LogP contribution >= 0.6 is 22.6 Å². The van der Waals surface area contributed by atoms with E-state index in [1.54, 1.807) is 7.11 Å². The summed E-state index contributed by atoms with van der Waals surface area (Å²) in [7, 11) is 1.56. The van der Waals surface area contributed by atoms with E-state index < -0.39 is 3.68 Å². The average molecular weight is 330 g/mol. The molecule has 0 bridgehead atoms. The zero-order chi connectivity index (χ0) is 11.6. The van der Waals surface area contributed by atoms with Crippen LogP contribution < -0.4 is 0 Å². The van der Waals surface area contributed by atoms with E-state index in [1.165, 1.54) is 6.08 Å². The maximum absolute atomic E-state index is 14.0. The molecule has 1 unspecified atom stereocenters. The lowest BCUT2D eigenvalue weighted by Gasteiger charge is -2.22. The molecule has 1 aliphatic carbocycles. The lowest BCUT2D eigenvalue weighted by atomic mass is 9.96. The van der Waals surface area contributed by atoms with Crippen LogP contribution in [0.2, 0.25) is 0 Å². The van der Waals surface area contributed by atoms with Gasteiger partial charge in [-0.25, -0.2) is 4.39 Å². The van der Waals surface area contributed by atoms with Crippen LogP contribution in [0.1, 0.15) is 12.0 Å². The largest absolute Gasteiger partial charge is 0.497 e. The van der Waals surface area contributed by atoms with Gasteiger partial charge in [-0.15, -0.1) is 0 Å². The number of allylic oxidation sites excluding steroid dienone is 3. The predicted octanol–water partition coefficient (Wildman–Crippen LogP) is 4.10. The molecular weight excluding hydrogens is 318 g/mol. The molecule has 0 spiro atoms. The fraction of sp³-hybridized carbons (Fsp3) is 0.231. The van der Waals surface area contributed by atoms with Crippen molar-refractivity contribution >= 4 is 28.2 Å². The van der Waals surface area contributed by atoms with Crippen molar-refractivity contribution in [3.8, 4) is 0 Å². The Morgan fingerprint density at radius 1 is 1.31 bits per heavy atom. The maximum atomic E-state index is 14.0. The first-order valence-electron chi connectivity index (χ1n) is 5.01. The van der Waals surface area contributed by atoms with E-state index in [9.17, 15) is 4.39 Å². The number of methoxy groups -OCH3 is 1. The molecule has 1 aromatic carbocycles. The molecule has 3 heteroatoms. The van der Waals surface area contributed by atoms with Gasteiger partial charge in [0.1, 0.15) is 5.76 Å². The smallest absolute Gasteiger partial charge is 0.187 e. The molecule has 0 radical (unpaired) electrons. The summed E-state index contributed by atoms with van der Waals surface area (Å²) in [6.07, 6.45) is 3.79. The van der Waals surface area contributed by atoms with Gasteiger partial charge < -0.3 is 4.74 Å². The van der Waals surface area contributed by atoms with Crippen molar-refractivity contribution in [3.05, 3.63) is 53.8 Å². The molecule has 16 heavy (non-hydrogen) atoms. The number of ether oxygens (including phenoxy) is 1. The van der Waals surface area contributed by atoms with Gasteiger partial charge in [0.15, 0.2) is 3.68 Å². The van der Waals surface area contributed by atoms with Gasteiger partial charge >= 0.3 is 0 Å². The summed E-state index contributed by atoms with van der Waals surface area (Å²) in [6.45, 7) is 0. The topological polar surface area (TPSA) is 9.23 Å². The average Bonchev–Trinajstić information content (AvgIpc) is 2.28. The second kappa shape index (κ2) is 4.57. The number of hydrogen-bond donors (Lipinski definition) is 0. The van der Waals surface area contributed by atoms with Crippen LogP contribution in [0.5, 0.6) is 0 Å². The minimum Gasteiger partial charge on any atom is -0.497 e. The summed E-state index contributed by atoms with van der Waals surface area (Å²) in [6, 6.07) is 9.82. The van der Waals surface area contributed by atoms with E-state index >= 15 is 0 Å². The Kier molecular flexibility index (Phi) is 3.33. The van der Waals surface area contributed by atoms with Gasteiger partial charge in [-0.2, -0.15) is 0 Å². The number of rotatable bonds is 2. The van der Waals surface area contributed by atoms with Gasteiger partial charge in [-0.1, -0.05) is 30.3 Å². The summed E-state index contributed by atoms with van der Waals surface area (Å²) in [5.74, 6) is 0.585. The fourth-order valence-corrected chi connectivity index (χ4v) is 2.45. The highest BCUT2D eigenvalue weighted by Gasteiger charge is 2.29. The molecule has 1 aromatic rings. The summed E-state index contributed by atoms with van der Waals surface area (Å²) in [5, 5.41) is 0. The molecule has 0 heterocycles. The number of alkyl halides is 2. The van der Waals surface area contributed by atoms with Crippen molar-refractivity contribution in [2.45, 2.75) is 10.1 Å². The summed E-state index contributed by atoms with van der Waals surface area (Å²) in [4.78, 5) is 0. The first-order chi connectivity index (χ1) is 7.61. The quantitative estimate of drug-likeness (QED) is 0.586. The number of halogens is 2. The zero-order valence-corrected chi connectivity index (χ0v) is 11.1. The predicted molar refractivity (Wildman–Crippen MR) is 72.0 cm³/mol. The van der Waals surface area contributed by atoms with Crippen LogP contribution in [-0.2, 0) is 4.74 Å². The Labute approximate surface area is 108 Å². The third kappa shape index (κ3) is 2.64. The van der Waals surface area contributed by atoms with Crippen LogP contribution in [0, 0.1) is 0 Å². The van der Waals surface area contributed by atoms with Crippen molar-refractivity contribution in [2.24, 2.45) is 0 Å². The maximum Gasteiger partial charge on any atom is 0.187 e. The van der Waals surface area contributed by atoms with Crippen LogP contribution in [0.15, 0.2) is 48.2 Å². The molecule has 0 aliphatic heterocycles. The highest BCUT2D eigenvalue weighted by Crippen LogP contribution is 2.39. The van der Waals surface area contributed by atoms with Crippen LogP contribution in [0.3, 0.4) is 0 Å². The SMILES string of the molecule is COC1=CC(F)(I)CC(c2ccccc2)=C1. The molecular formula is C13H12FIO. The highest BCUT2D eigenvalue weighted by molar-refractivity contribution is 14.1. The van der Waals surface area contributed by atoms with E-state index in [-0.39, 0.29) is 0 Å². The molecule has 0 fully saturated rings. The summed E-state index contributed by atoms with van der Waals surface area (Å²) in [5.41, 5.74) is 2.01. The molecule has 0 saturated carbocycles. The van der Waals surface area contributed by atoms with Crippen LogP contribution in [-0.4, -0.2) is 10.8 Å². The van der Waals surface area contributed by atoms with Gasteiger partial charge in [0.2, 0.25) is 0 Å². The number of hydrogen-bond acceptors (Lipinski definition) is 1. The Bertz CT molecular complexity index is 435. The fourth-order valence-electron chi connectivity index (χ4n) is 1.73. The van der Waals surface area contributed by atoms with E-state index in [4.69, 9.17) is 4.74 Å². The molecule has 1 atom stereocenters. The van der Waals surface area contributed by atoms with E-state index in [0.717, 1.165) is 11.1 Å². The van der Waals surface area contributed by atoms with Crippen molar-refractivity contribution in [1.82, 2.24) is 0 Å². The number of benzene rings is 1. The minimum absolute atomic E-state index is 0.379. The van der Waals surface area contributed by atoms with E-state index in [0.29, 0.717) is 12.2 Å². The molecule has 2 rings (SSSR count). The highest BCUT2D eigenvalue weighted by atomic mass is 127. The van der Waals surface area contributed by atoms with Gasteiger partial charge in [-0.3, -0.25) is 0 Å². The van der Waals surface area contributed by atoms with Crippen LogP contribution in [0.25, 0.3) is 5.57 Å². The standard InChI is InChI=1S/C13H12FIO/c1-16-12-7-11(8-13(14,15)9-12)10-5-3-2-4-6-10/h2-7,9H,8H2,1H3. The van der Waals surface area contributed by atoms with Gasteiger partial charge in [0.05, 0.1) is 7.11 Å². The second-order valence-electron chi connectivity index (χ2n) is 3.72. The first-order valence-corrected chi connectivity index (χ1v) is 6.09. The molecule has 84 valence electrons. The molecule has 1 nitrogen and oxygen atoms in total. The van der Waals surface area contributed by atoms with Crippen molar-refractivity contribution in [2.75, 3.05) is 7.11 Å². The Balaban J connectivity index is 2.37. The molecule has 0 saturated heterocycles. The summed E-state index contributed by atoms with van der Waals surface area (Å²) >= 11 is 1.81. The Morgan fingerprint density at radius 3 is 2.62 bits per heavy atom. The molecule has 0 N–H and O–H groups in total. The normalized spacial score (nSPS) is 24.7. The molecule has 0 amide bonds. The van der Waals surface area contributed by atoms with E-state index in [1.807, 2.05) is 59.0 Å². The van der Waals surface area contributed by atoms with Gasteiger partial charge in [0, 0.05) is 12.5 Å². The van der Waals surface area contributed by atoms with Gasteiger partial charge in [-0.05, 0) is 39.8 Å². The van der Waals surface area contributed by atoms with Crippen molar-refractivity contribution in [1.29, 1.82) is 0 Å². The summed E-state index contributed by atoms with van der Waals surface area (Å²) < 4.78 is 17.8. The zero-order valence-electron chi connectivity index (χ0n) is 8.91. The lowest BCUT2D eigenvalue weighted by molar-refractivity contribution is 0.288. The third-order valence-corrected chi connectivity index (χ3v) is 3.17. The second-order valence-corrected chi connectivity index (χ2v) is 5.52. The van der Waals surface area contributed by atoms with E-state index in [2.05, 4.69) is 0 Å². The Hall–Kier alpha value is -0.840.